The van der Waals surface area contributed by atoms with Crippen LogP contribution in [-0.4, -0.2) is 0 Å². The summed E-state index contributed by atoms with van der Waals surface area (Å²) in [6.07, 6.45) is 2.79. The Kier molecular flexibility index (Phi) is 6.18. The molecule has 1 aliphatic rings. The molecule has 3 heteroatoms. The highest BCUT2D eigenvalue weighted by atomic mass is 19.4. The van der Waals surface area contributed by atoms with E-state index in [0.29, 0.717) is 5.56 Å². The fourth-order valence-electron chi connectivity index (χ4n) is 4.14. The van der Waals surface area contributed by atoms with Crippen molar-refractivity contribution in [2.45, 2.75) is 51.6 Å². The van der Waals surface area contributed by atoms with Crippen LogP contribution in [0.1, 0.15) is 66.0 Å². The number of halogens is 3. The number of benzene rings is 3. The van der Waals surface area contributed by atoms with E-state index >= 15 is 0 Å². The number of hydrogen-bond donors (Lipinski definition) is 0. The van der Waals surface area contributed by atoms with Crippen molar-refractivity contribution in [3.8, 4) is 23.0 Å². The van der Waals surface area contributed by atoms with E-state index < -0.39 is 11.7 Å². The maximum atomic E-state index is 12.7. The summed E-state index contributed by atoms with van der Waals surface area (Å²) in [4.78, 5) is 0. The summed E-state index contributed by atoms with van der Waals surface area (Å²) in [6.45, 7) is 2.23. The van der Waals surface area contributed by atoms with Crippen molar-refractivity contribution in [2.75, 3.05) is 0 Å². The van der Waals surface area contributed by atoms with Gasteiger partial charge in [-0.3, -0.25) is 0 Å². The smallest absolute Gasteiger partial charge is 0.166 e. The van der Waals surface area contributed by atoms with Crippen LogP contribution in [0, 0.1) is 11.8 Å². The van der Waals surface area contributed by atoms with Gasteiger partial charge in [-0.1, -0.05) is 62.3 Å². The summed E-state index contributed by atoms with van der Waals surface area (Å²) in [7, 11) is 0. The highest BCUT2D eigenvalue weighted by Crippen LogP contribution is 2.37. The molecule has 0 amide bonds. The fraction of sp³-hybridized carbons (Fsp3) is 0.286. The number of fused-ring (bicyclic) bond motifs is 3. The fourth-order valence-corrected chi connectivity index (χ4v) is 4.14. The van der Waals surface area contributed by atoms with Gasteiger partial charge in [0.1, 0.15) is 0 Å². The molecule has 0 atom stereocenters. The molecule has 0 heterocycles. The minimum atomic E-state index is -4.32. The van der Waals surface area contributed by atoms with Crippen molar-refractivity contribution in [1.82, 2.24) is 0 Å². The molecule has 1 aliphatic carbocycles. The summed E-state index contributed by atoms with van der Waals surface area (Å²) < 4.78 is 38.1. The monoisotopic (exact) mass is 418 g/mol. The minimum absolute atomic E-state index is 0.574. The summed E-state index contributed by atoms with van der Waals surface area (Å²) >= 11 is 0. The SMILES string of the molecule is CCCCCCc1ccc2c(c1)Cc1cc(C#Cc3ccc(C(F)(F)F)cc3)ccc1-2. The molecule has 31 heavy (non-hydrogen) atoms. The minimum Gasteiger partial charge on any atom is -0.166 e. The Labute approximate surface area is 182 Å². The Morgan fingerprint density at radius 1 is 0.742 bits per heavy atom. The number of hydrogen-bond acceptors (Lipinski definition) is 0. The summed E-state index contributed by atoms with van der Waals surface area (Å²) in [5.74, 6) is 6.07. The molecule has 3 aromatic carbocycles. The van der Waals surface area contributed by atoms with Crippen LogP contribution in [0.15, 0.2) is 60.7 Å². The van der Waals surface area contributed by atoms with Crippen LogP contribution in [0.4, 0.5) is 13.2 Å². The van der Waals surface area contributed by atoms with Gasteiger partial charge in [-0.2, -0.15) is 13.2 Å². The normalized spacial score (nSPS) is 12.1. The third-order valence-corrected chi connectivity index (χ3v) is 5.83. The van der Waals surface area contributed by atoms with Gasteiger partial charge in [-0.25, -0.2) is 0 Å². The number of unbranched alkanes of at least 4 members (excludes halogenated alkanes) is 3. The van der Waals surface area contributed by atoms with Gasteiger partial charge in [0.25, 0.3) is 0 Å². The van der Waals surface area contributed by atoms with Crippen molar-refractivity contribution in [2.24, 2.45) is 0 Å². The lowest BCUT2D eigenvalue weighted by molar-refractivity contribution is -0.137. The van der Waals surface area contributed by atoms with Gasteiger partial charge in [0.2, 0.25) is 0 Å². The quantitative estimate of drug-likeness (QED) is 0.229. The molecule has 0 aromatic heterocycles. The first-order valence-corrected chi connectivity index (χ1v) is 10.9. The molecular formula is C28H25F3. The van der Waals surface area contributed by atoms with E-state index in [1.54, 1.807) is 0 Å². The average molecular weight is 419 g/mol. The molecule has 0 aliphatic heterocycles. The molecule has 0 saturated heterocycles. The standard InChI is InChI=1S/C28H25F3/c1-2-3-4-5-6-21-11-15-26-23(17-21)19-24-18-22(12-16-27(24)26)8-7-20-9-13-25(14-10-20)28(29,30)31/h9-18H,2-6,19H2,1H3. The number of rotatable bonds is 5. The molecule has 0 spiro atoms. The first kappa shape index (κ1) is 21.2. The molecule has 3 aromatic rings. The zero-order valence-electron chi connectivity index (χ0n) is 17.7. The van der Waals surface area contributed by atoms with Crippen LogP contribution in [0.3, 0.4) is 0 Å². The summed E-state index contributed by atoms with van der Waals surface area (Å²) in [5.41, 5.74) is 7.40. The molecule has 0 radical (unpaired) electrons. The van der Waals surface area contributed by atoms with Crippen molar-refractivity contribution in [3.63, 3.8) is 0 Å². The predicted molar refractivity (Wildman–Crippen MR) is 120 cm³/mol. The zero-order valence-corrected chi connectivity index (χ0v) is 17.7. The first-order valence-electron chi connectivity index (χ1n) is 10.9. The Bertz CT molecular complexity index is 1130. The van der Waals surface area contributed by atoms with Crippen molar-refractivity contribution in [1.29, 1.82) is 0 Å². The van der Waals surface area contributed by atoms with Gasteiger partial charge in [-0.05, 0) is 83.5 Å². The van der Waals surface area contributed by atoms with Gasteiger partial charge < -0.3 is 0 Å². The molecule has 0 N–H and O–H groups in total. The molecule has 158 valence electrons. The third-order valence-electron chi connectivity index (χ3n) is 5.83. The second-order valence-electron chi connectivity index (χ2n) is 8.18. The van der Waals surface area contributed by atoms with Gasteiger partial charge in [0, 0.05) is 11.1 Å². The zero-order chi connectivity index (χ0) is 21.8. The second kappa shape index (κ2) is 9.02. The molecule has 0 unspecified atom stereocenters. The largest absolute Gasteiger partial charge is 0.416 e. The van der Waals surface area contributed by atoms with Crippen LogP contribution in [0.5, 0.6) is 0 Å². The molecule has 0 nitrogen and oxygen atoms in total. The highest BCUT2D eigenvalue weighted by Gasteiger charge is 2.29. The van der Waals surface area contributed by atoms with Crippen molar-refractivity contribution < 1.29 is 13.2 Å². The average Bonchev–Trinajstić information content (AvgIpc) is 3.12. The Morgan fingerprint density at radius 2 is 1.39 bits per heavy atom. The van der Waals surface area contributed by atoms with E-state index in [2.05, 4.69) is 49.1 Å². The van der Waals surface area contributed by atoms with E-state index in [1.165, 1.54) is 65.6 Å². The Morgan fingerprint density at radius 3 is 2.10 bits per heavy atom. The topological polar surface area (TPSA) is 0 Å². The molecule has 0 saturated carbocycles. The van der Waals surface area contributed by atoms with E-state index in [4.69, 9.17) is 0 Å². The summed E-state index contributed by atoms with van der Waals surface area (Å²) in [5, 5.41) is 0. The molecule has 0 bridgehead atoms. The maximum Gasteiger partial charge on any atom is 0.416 e. The lowest BCUT2D eigenvalue weighted by Gasteiger charge is -2.05. The van der Waals surface area contributed by atoms with E-state index in [1.807, 2.05) is 6.07 Å². The number of alkyl halides is 3. The molecule has 4 rings (SSSR count). The van der Waals surface area contributed by atoms with Crippen LogP contribution in [-0.2, 0) is 19.0 Å². The maximum absolute atomic E-state index is 12.7. The van der Waals surface area contributed by atoms with E-state index in [0.717, 1.165) is 30.5 Å². The Hall–Kier alpha value is -2.99. The van der Waals surface area contributed by atoms with Crippen LogP contribution in [0.25, 0.3) is 11.1 Å². The predicted octanol–water partition coefficient (Wildman–Crippen LogP) is 7.80. The second-order valence-corrected chi connectivity index (χ2v) is 8.18. The van der Waals surface area contributed by atoms with Crippen LogP contribution >= 0.6 is 0 Å². The Balaban J connectivity index is 1.47. The van der Waals surface area contributed by atoms with E-state index in [-0.39, 0.29) is 0 Å². The number of aryl methyl sites for hydroxylation is 1. The van der Waals surface area contributed by atoms with Gasteiger partial charge in [-0.15, -0.1) is 0 Å². The molecule has 0 fully saturated rings. The lowest BCUT2D eigenvalue weighted by atomic mass is 10.00. The summed E-state index contributed by atoms with van der Waals surface area (Å²) in [6, 6.07) is 18.0. The highest BCUT2D eigenvalue weighted by molar-refractivity contribution is 5.77. The van der Waals surface area contributed by atoms with Gasteiger partial charge >= 0.3 is 6.18 Å². The van der Waals surface area contributed by atoms with E-state index in [9.17, 15) is 13.2 Å². The van der Waals surface area contributed by atoms with Crippen LogP contribution < -0.4 is 0 Å². The first-order chi connectivity index (χ1) is 14.9. The van der Waals surface area contributed by atoms with Gasteiger partial charge in [0.05, 0.1) is 5.56 Å². The van der Waals surface area contributed by atoms with Crippen molar-refractivity contribution >= 4 is 0 Å². The van der Waals surface area contributed by atoms with Crippen molar-refractivity contribution in [3.05, 3.63) is 94.0 Å². The molecular weight excluding hydrogens is 393 g/mol. The third kappa shape index (κ3) is 5.02. The van der Waals surface area contributed by atoms with Crippen LogP contribution in [0.2, 0.25) is 0 Å². The lowest BCUT2D eigenvalue weighted by Crippen LogP contribution is -2.04. The van der Waals surface area contributed by atoms with Gasteiger partial charge in [0.15, 0.2) is 0 Å².